The SMILES string of the molecule is CC(C)CNC(=O)C1CCNCC1.CC(C)C[NH3+].CN1CCC(C(=O)O)CC1.Cl.[2H]C.[2H]C[2H].[B][B]C. The molecule has 2 aliphatic rings. The highest BCUT2D eigenvalue weighted by Gasteiger charge is 2.22. The van der Waals surface area contributed by atoms with Crippen LogP contribution in [0.3, 0.4) is 0 Å². The maximum atomic E-state index is 11.6. The lowest BCUT2D eigenvalue weighted by atomic mass is 9.59. The van der Waals surface area contributed by atoms with Crippen LogP contribution in [-0.2, 0) is 9.59 Å². The van der Waals surface area contributed by atoms with Gasteiger partial charge in [-0.2, -0.15) is 0 Å². The molecule has 0 saturated carbocycles. The minimum atomic E-state index is -0.631. The summed E-state index contributed by atoms with van der Waals surface area (Å²) in [6.45, 7) is 16.0. The van der Waals surface area contributed by atoms with E-state index in [-0.39, 0.29) is 37.5 Å². The number of nitrogens with one attached hydrogen (secondary N) is 2. The molecule has 2 heterocycles. The van der Waals surface area contributed by atoms with Crippen molar-refractivity contribution in [1.82, 2.24) is 15.5 Å². The third-order valence-electron chi connectivity index (χ3n) is 5.04. The standard InChI is InChI=1S/C10H20N2O.C7H13NO2.C4H11N.CH3B2.2CH4.ClH/c1-8(2)7-12-10(13)9-3-5-11-6-4-9;1-8-4-2-6(3-5-8)7(9)10;1-4(2)3-5;1-3-2;;;/h8-9,11H,3-7H2,1-2H3,(H,12,13);6H,2-5H2,1H3,(H,9,10);4H,3,5H2,1-2H3;1H3;2*1H4;1H/p+1/i;;;;1D2;1D;. The summed E-state index contributed by atoms with van der Waals surface area (Å²) in [6.07, 6.45) is 3.60. The number of carboxylic acids is 1. The first-order valence-corrected chi connectivity index (χ1v) is 11.8. The molecule has 34 heavy (non-hydrogen) atoms. The first-order valence-electron chi connectivity index (χ1n) is 14.2. The normalized spacial score (nSPS) is 16.6. The van der Waals surface area contributed by atoms with Crippen molar-refractivity contribution in [3.05, 3.63) is 0 Å². The van der Waals surface area contributed by atoms with Gasteiger partial charge in [-0.1, -0.05) is 42.5 Å². The molecule has 10 heteroatoms. The molecule has 2 aliphatic heterocycles. The smallest absolute Gasteiger partial charge is 0.306 e. The van der Waals surface area contributed by atoms with E-state index in [2.05, 4.69) is 49.0 Å². The third kappa shape index (κ3) is 27.5. The Kier molecular flexibility index (Phi) is 29.7. The number of aliphatic carboxylic acids is 1. The molecule has 0 aromatic rings. The Hall–Kier alpha value is -0.760. The summed E-state index contributed by atoms with van der Waals surface area (Å²) in [4.78, 5) is 24.2. The van der Waals surface area contributed by atoms with Crippen LogP contribution < -0.4 is 16.4 Å². The number of carboxylic acid groups (broad SMARTS) is 1. The van der Waals surface area contributed by atoms with Crippen LogP contribution in [0, 0.1) is 23.7 Å². The number of piperidine rings is 2. The Morgan fingerprint density at radius 1 is 1.18 bits per heavy atom. The second-order valence-corrected chi connectivity index (χ2v) is 9.09. The predicted molar refractivity (Wildman–Crippen MR) is 152 cm³/mol. The molecule has 0 unspecified atom stereocenters. The van der Waals surface area contributed by atoms with Gasteiger partial charge in [-0.05, 0) is 64.8 Å². The van der Waals surface area contributed by atoms with E-state index in [1.165, 1.54) is 14.6 Å². The van der Waals surface area contributed by atoms with Crippen molar-refractivity contribution in [3.8, 4) is 0 Å². The Morgan fingerprint density at radius 3 is 1.91 bits per heavy atom. The molecule has 0 bridgehead atoms. The second kappa shape index (κ2) is 28.5. The van der Waals surface area contributed by atoms with Crippen molar-refractivity contribution in [2.24, 2.45) is 23.7 Å². The first-order chi connectivity index (χ1) is 17.0. The minimum Gasteiger partial charge on any atom is -0.481 e. The lowest BCUT2D eigenvalue weighted by Gasteiger charge is -2.25. The zero-order valence-corrected chi connectivity index (χ0v) is 23.9. The van der Waals surface area contributed by atoms with E-state index in [0.29, 0.717) is 5.92 Å². The highest BCUT2D eigenvalue weighted by Crippen LogP contribution is 2.15. The molecule has 203 valence electrons. The highest BCUT2D eigenvalue weighted by atomic mass is 35.5. The van der Waals surface area contributed by atoms with Crippen LogP contribution in [0.5, 0.6) is 0 Å². The lowest BCUT2D eigenvalue weighted by molar-refractivity contribution is -0.376. The molecule has 3 radical (unpaired) electrons. The largest absolute Gasteiger partial charge is 0.481 e. The number of nitrogens with zero attached hydrogens (tertiary/aromatic N) is 1. The first kappa shape index (κ1) is 35.4. The second-order valence-electron chi connectivity index (χ2n) is 9.09. The fraction of sp³-hybridized carbons (Fsp3) is 0.917. The van der Waals surface area contributed by atoms with Crippen molar-refractivity contribution >= 4 is 39.2 Å². The summed E-state index contributed by atoms with van der Waals surface area (Å²) in [7, 11) is 9.25. The van der Waals surface area contributed by atoms with E-state index >= 15 is 0 Å². The maximum absolute atomic E-state index is 11.6. The fourth-order valence-corrected chi connectivity index (χ4v) is 2.79. The molecule has 6 N–H and O–H groups in total. The molecule has 0 aromatic heterocycles. The van der Waals surface area contributed by atoms with E-state index in [9.17, 15) is 9.59 Å². The number of carbonyl (C=O) groups excluding carboxylic acids is 1. The monoisotopic (exact) mass is 509 g/mol. The molecule has 0 spiro atoms. The van der Waals surface area contributed by atoms with Gasteiger partial charge in [0.1, 0.15) is 0 Å². The average molecular weight is 510 g/mol. The molecule has 7 nitrogen and oxygen atoms in total. The Bertz CT molecular complexity index is 475. The molecular weight excluding hydrogens is 449 g/mol. The van der Waals surface area contributed by atoms with Crippen molar-refractivity contribution in [1.29, 1.82) is 0 Å². The number of carbonyl (C=O) groups is 2. The van der Waals surface area contributed by atoms with Crippen LogP contribution in [0.2, 0.25) is 6.82 Å². The fourth-order valence-electron chi connectivity index (χ4n) is 2.79. The number of hydrogen-bond donors (Lipinski definition) is 4. The van der Waals surface area contributed by atoms with E-state index in [1.54, 1.807) is 6.82 Å². The lowest BCUT2D eigenvalue weighted by Crippen LogP contribution is -2.52. The van der Waals surface area contributed by atoms with Gasteiger partial charge in [-0.15, -0.1) is 19.2 Å². The van der Waals surface area contributed by atoms with Crippen LogP contribution in [0.1, 0.15) is 72.3 Å². The highest BCUT2D eigenvalue weighted by molar-refractivity contribution is 6.88. The Labute approximate surface area is 224 Å². The minimum absolute atomic E-state index is 0. The Morgan fingerprint density at radius 2 is 1.59 bits per heavy atom. The molecule has 0 aromatic carbocycles. The third-order valence-corrected chi connectivity index (χ3v) is 5.04. The molecule has 0 atom stereocenters. The van der Waals surface area contributed by atoms with Crippen molar-refractivity contribution < 1.29 is 24.5 Å². The van der Waals surface area contributed by atoms with Gasteiger partial charge in [0.05, 0.1) is 19.6 Å². The Balaban J connectivity index is -0.000000126. The zero-order valence-electron chi connectivity index (χ0n) is 26.1. The van der Waals surface area contributed by atoms with Crippen molar-refractivity contribution in [2.75, 3.05) is 46.3 Å². The summed E-state index contributed by atoms with van der Waals surface area (Å²) in [6, 6.07) is 0. The van der Waals surface area contributed by atoms with Gasteiger partial charge >= 0.3 is 5.97 Å². The molecule has 2 rings (SSSR count). The number of hydrogen-bond acceptors (Lipinski definition) is 4. The number of rotatable bonds is 5. The van der Waals surface area contributed by atoms with Gasteiger partial charge in [0.2, 0.25) is 5.91 Å². The molecule has 0 aliphatic carbocycles. The predicted octanol–water partition coefficient (Wildman–Crippen LogP) is 2.57. The van der Waals surface area contributed by atoms with Gasteiger partial charge in [-0.3, -0.25) is 9.59 Å². The van der Waals surface area contributed by atoms with E-state index in [1.807, 2.05) is 7.05 Å². The van der Waals surface area contributed by atoms with Crippen molar-refractivity contribution in [3.63, 3.8) is 0 Å². The molecule has 1 amide bonds. The number of amides is 1. The maximum Gasteiger partial charge on any atom is 0.306 e. The van der Waals surface area contributed by atoms with E-state index < -0.39 is 5.97 Å². The van der Waals surface area contributed by atoms with Gasteiger partial charge in [-0.25, -0.2) is 0 Å². The molecule has 2 saturated heterocycles. The van der Waals surface area contributed by atoms with E-state index in [4.69, 9.17) is 17.0 Å². The summed E-state index contributed by atoms with van der Waals surface area (Å²) < 4.78 is 17.5. The number of quaternary nitrogens is 1. The van der Waals surface area contributed by atoms with Crippen LogP contribution in [0.25, 0.3) is 0 Å². The van der Waals surface area contributed by atoms with Gasteiger partial charge < -0.3 is 26.4 Å². The quantitative estimate of drug-likeness (QED) is 0.426. The van der Waals surface area contributed by atoms with Crippen LogP contribution in [0.15, 0.2) is 0 Å². The molecular formula is C24H57B2ClN4O3+. The molecule has 2 fully saturated rings. The topological polar surface area (TPSA) is 109 Å². The zero-order chi connectivity index (χ0) is 28.9. The van der Waals surface area contributed by atoms with Crippen molar-refractivity contribution in [2.45, 2.75) is 75.0 Å². The number of halogens is 1. The summed E-state index contributed by atoms with van der Waals surface area (Å²) >= 11 is 0. The van der Waals surface area contributed by atoms with Crippen LogP contribution >= 0.6 is 12.4 Å². The van der Waals surface area contributed by atoms with E-state index in [0.717, 1.165) is 70.9 Å². The number of likely N-dealkylation sites (tertiary alicyclic amines) is 1. The van der Waals surface area contributed by atoms with Crippen LogP contribution in [-0.4, -0.2) is 83.1 Å². The summed E-state index contributed by atoms with van der Waals surface area (Å²) in [5, 5.41) is 14.8. The average Bonchev–Trinajstić information content (AvgIpc) is 2.86. The van der Waals surface area contributed by atoms with Gasteiger partial charge in [0, 0.05) is 30.2 Å². The summed E-state index contributed by atoms with van der Waals surface area (Å²) in [5.74, 6) is 1.10. The van der Waals surface area contributed by atoms with Gasteiger partial charge in [0.15, 0.2) is 0 Å². The van der Waals surface area contributed by atoms with Gasteiger partial charge in [0.25, 0.3) is 0 Å². The van der Waals surface area contributed by atoms with Crippen LogP contribution in [0.4, 0.5) is 0 Å². The summed E-state index contributed by atoms with van der Waals surface area (Å²) in [5.41, 5.74) is 3.69.